The molecule has 1 amide bonds. The van der Waals surface area contributed by atoms with Gasteiger partial charge < -0.3 is 14.6 Å². The van der Waals surface area contributed by atoms with Crippen molar-refractivity contribution in [3.63, 3.8) is 0 Å². The van der Waals surface area contributed by atoms with Crippen molar-refractivity contribution in [3.8, 4) is 5.75 Å². The van der Waals surface area contributed by atoms with Gasteiger partial charge in [-0.1, -0.05) is 5.16 Å². The first-order chi connectivity index (χ1) is 12.8. The minimum Gasteiger partial charge on any atom is -0.489 e. The molecule has 2 aromatic rings. The molecular weight excluding hydrogens is 342 g/mol. The molecule has 1 heterocycles. The van der Waals surface area contributed by atoms with E-state index in [2.05, 4.69) is 43.1 Å². The Bertz CT molecular complexity index is 708. The summed E-state index contributed by atoms with van der Waals surface area (Å²) in [6.07, 6.45) is 0. The van der Waals surface area contributed by atoms with Crippen molar-refractivity contribution in [3.05, 3.63) is 46.8 Å². The molecule has 0 radical (unpaired) electrons. The Balaban J connectivity index is 1.84. The fraction of sp³-hybridized carbons (Fsp3) is 0.524. The van der Waals surface area contributed by atoms with E-state index < -0.39 is 0 Å². The molecule has 0 aliphatic heterocycles. The third-order valence-electron chi connectivity index (χ3n) is 4.66. The monoisotopic (exact) mass is 373 g/mol. The van der Waals surface area contributed by atoms with Crippen LogP contribution in [0.1, 0.15) is 55.1 Å². The zero-order chi connectivity index (χ0) is 20.0. The second kappa shape index (κ2) is 9.55. The van der Waals surface area contributed by atoms with Crippen LogP contribution >= 0.6 is 0 Å². The number of aryl methyl sites for hydroxylation is 2. The molecule has 1 aromatic heterocycles. The lowest BCUT2D eigenvalue weighted by Crippen LogP contribution is -2.42. The second-order valence-corrected chi connectivity index (χ2v) is 7.30. The maximum Gasteiger partial charge on any atom is 0.251 e. The predicted octanol–water partition coefficient (Wildman–Crippen LogP) is 3.72. The number of hydrogen-bond acceptors (Lipinski definition) is 5. The standard InChI is InChI=1S/C21H31N3O3/c1-14(2)24(15(3)4)12-11-22-21(25)18-7-9-19(10-8-18)26-13-20-16(5)23-27-17(20)6/h7-10,14-15H,11-13H2,1-6H3,(H,22,25). The number of ether oxygens (including phenoxy) is 1. The molecule has 0 bridgehead atoms. The van der Waals surface area contributed by atoms with E-state index in [9.17, 15) is 4.79 Å². The van der Waals surface area contributed by atoms with Crippen LogP contribution in [0.5, 0.6) is 5.75 Å². The summed E-state index contributed by atoms with van der Waals surface area (Å²) >= 11 is 0. The molecule has 1 N–H and O–H groups in total. The maximum atomic E-state index is 12.3. The number of hydrogen-bond donors (Lipinski definition) is 1. The minimum atomic E-state index is -0.0697. The van der Waals surface area contributed by atoms with E-state index in [1.54, 1.807) is 12.1 Å². The smallest absolute Gasteiger partial charge is 0.251 e. The SMILES string of the molecule is Cc1noc(C)c1COc1ccc(C(=O)NCCN(C(C)C)C(C)C)cc1. The first-order valence-corrected chi connectivity index (χ1v) is 9.48. The molecule has 0 saturated carbocycles. The Labute approximate surface area is 161 Å². The van der Waals surface area contributed by atoms with Crippen LogP contribution in [0.2, 0.25) is 0 Å². The largest absolute Gasteiger partial charge is 0.489 e. The number of amides is 1. The Hall–Kier alpha value is -2.34. The summed E-state index contributed by atoms with van der Waals surface area (Å²) < 4.78 is 10.9. The molecule has 27 heavy (non-hydrogen) atoms. The average molecular weight is 373 g/mol. The van der Waals surface area contributed by atoms with Crippen molar-refractivity contribution in [2.45, 2.75) is 60.2 Å². The quantitative estimate of drug-likeness (QED) is 0.726. The van der Waals surface area contributed by atoms with Gasteiger partial charge in [-0.25, -0.2) is 0 Å². The summed E-state index contributed by atoms with van der Waals surface area (Å²) in [6, 6.07) is 8.08. The van der Waals surface area contributed by atoms with Crippen molar-refractivity contribution in [2.24, 2.45) is 0 Å². The molecule has 0 unspecified atom stereocenters. The van der Waals surface area contributed by atoms with Crippen molar-refractivity contribution in [1.82, 2.24) is 15.4 Å². The second-order valence-electron chi connectivity index (χ2n) is 7.30. The van der Waals surface area contributed by atoms with Crippen LogP contribution in [0, 0.1) is 13.8 Å². The normalized spacial score (nSPS) is 11.4. The molecule has 0 aliphatic rings. The van der Waals surface area contributed by atoms with Crippen molar-refractivity contribution >= 4 is 5.91 Å². The first-order valence-electron chi connectivity index (χ1n) is 9.48. The Kier molecular flexibility index (Phi) is 7.42. The molecule has 6 nitrogen and oxygen atoms in total. The van der Waals surface area contributed by atoms with E-state index in [1.165, 1.54) is 0 Å². The third kappa shape index (κ3) is 5.82. The highest BCUT2D eigenvalue weighted by atomic mass is 16.5. The minimum absolute atomic E-state index is 0.0697. The van der Waals surface area contributed by atoms with E-state index in [1.807, 2.05) is 26.0 Å². The van der Waals surface area contributed by atoms with Crippen molar-refractivity contribution in [2.75, 3.05) is 13.1 Å². The topological polar surface area (TPSA) is 67.6 Å². The molecule has 0 spiro atoms. The van der Waals surface area contributed by atoms with Gasteiger partial charge in [-0.05, 0) is 65.8 Å². The third-order valence-corrected chi connectivity index (χ3v) is 4.66. The molecule has 2 rings (SSSR count). The molecule has 6 heteroatoms. The van der Waals surface area contributed by atoms with Gasteiger partial charge in [-0.2, -0.15) is 0 Å². The molecule has 0 atom stereocenters. The van der Waals surface area contributed by atoms with Gasteiger partial charge in [0.2, 0.25) is 0 Å². The van der Waals surface area contributed by atoms with E-state index in [-0.39, 0.29) is 5.91 Å². The van der Waals surface area contributed by atoms with Gasteiger partial charge in [0.1, 0.15) is 18.1 Å². The highest BCUT2D eigenvalue weighted by molar-refractivity contribution is 5.94. The lowest BCUT2D eigenvalue weighted by Gasteiger charge is -2.30. The zero-order valence-corrected chi connectivity index (χ0v) is 17.2. The van der Waals surface area contributed by atoms with E-state index in [4.69, 9.17) is 9.26 Å². The van der Waals surface area contributed by atoms with Crippen LogP contribution in [0.25, 0.3) is 0 Å². The number of nitrogens with zero attached hydrogens (tertiary/aromatic N) is 2. The number of benzene rings is 1. The van der Waals surface area contributed by atoms with Crippen LogP contribution in [0.15, 0.2) is 28.8 Å². The molecular formula is C21H31N3O3. The maximum absolute atomic E-state index is 12.3. The Morgan fingerprint density at radius 1 is 1.15 bits per heavy atom. The van der Waals surface area contributed by atoms with E-state index in [0.29, 0.717) is 36.5 Å². The number of carbonyl (C=O) groups excluding carboxylic acids is 1. The van der Waals surface area contributed by atoms with E-state index >= 15 is 0 Å². The summed E-state index contributed by atoms with van der Waals surface area (Å²) in [7, 11) is 0. The zero-order valence-electron chi connectivity index (χ0n) is 17.2. The van der Waals surface area contributed by atoms with Gasteiger partial charge in [0.25, 0.3) is 5.91 Å². The van der Waals surface area contributed by atoms with Gasteiger partial charge in [-0.15, -0.1) is 0 Å². The van der Waals surface area contributed by atoms with Crippen molar-refractivity contribution < 1.29 is 14.1 Å². The van der Waals surface area contributed by atoms with Gasteiger partial charge >= 0.3 is 0 Å². The predicted molar refractivity (Wildman–Crippen MR) is 106 cm³/mol. The Morgan fingerprint density at radius 3 is 2.30 bits per heavy atom. The average Bonchev–Trinajstić information content (AvgIpc) is 2.94. The lowest BCUT2D eigenvalue weighted by atomic mass is 10.2. The van der Waals surface area contributed by atoms with Gasteiger partial charge in [-0.3, -0.25) is 9.69 Å². The van der Waals surface area contributed by atoms with Crippen LogP contribution in [-0.4, -0.2) is 41.1 Å². The van der Waals surface area contributed by atoms with Crippen molar-refractivity contribution in [1.29, 1.82) is 0 Å². The summed E-state index contributed by atoms with van der Waals surface area (Å²) in [5.74, 6) is 1.40. The molecule has 1 aromatic carbocycles. The lowest BCUT2D eigenvalue weighted by molar-refractivity contribution is 0.0939. The van der Waals surface area contributed by atoms with Gasteiger partial charge in [0, 0.05) is 30.7 Å². The molecule has 148 valence electrons. The van der Waals surface area contributed by atoms with Crippen LogP contribution in [0.4, 0.5) is 0 Å². The summed E-state index contributed by atoms with van der Waals surface area (Å²) in [6.45, 7) is 14.3. The molecule has 0 aliphatic carbocycles. The molecule has 0 saturated heterocycles. The van der Waals surface area contributed by atoms with E-state index in [0.717, 1.165) is 23.6 Å². The van der Waals surface area contributed by atoms with Crippen LogP contribution in [0.3, 0.4) is 0 Å². The van der Waals surface area contributed by atoms with Gasteiger partial charge in [0.15, 0.2) is 0 Å². The summed E-state index contributed by atoms with van der Waals surface area (Å²) in [4.78, 5) is 14.7. The van der Waals surface area contributed by atoms with Crippen LogP contribution in [-0.2, 0) is 6.61 Å². The summed E-state index contributed by atoms with van der Waals surface area (Å²) in [5.41, 5.74) is 2.41. The molecule has 0 fully saturated rings. The number of aromatic nitrogens is 1. The van der Waals surface area contributed by atoms with Crippen LogP contribution < -0.4 is 10.1 Å². The summed E-state index contributed by atoms with van der Waals surface area (Å²) in [5, 5.41) is 6.90. The fourth-order valence-electron chi connectivity index (χ4n) is 3.08. The highest BCUT2D eigenvalue weighted by Crippen LogP contribution is 2.18. The number of carbonyl (C=O) groups is 1. The first kappa shape index (κ1) is 21.0. The Morgan fingerprint density at radius 2 is 1.78 bits per heavy atom. The number of nitrogens with one attached hydrogen (secondary N) is 1. The fourth-order valence-corrected chi connectivity index (χ4v) is 3.08. The number of rotatable bonds is 9. The highest BCUT2D eigenvalue weighted by Gasteiger charge is 2.14. The van der Waals surface area contributed by atoms with Gasteiger partial charge in [0.05, 0.1) is 11.3 Å².